The summed E-state index contributed by atoms with van der Waals surface area (Å²) in [6, 6.07) is 1.62. The summed E-state index contributed by atoms with van der Waals surface area (Å²) in [6.45, 7) is 1.49. The first-order valence-corrected chi connectivity index (χ1v) is 7.56. The molecular weight excluding hydrogens is 296 g/mol. The first kappa shape index (κ1) is 15.4. The molecule has 1 atom stereocenters. The number of carbonyl (C=O) groups excluding carboxylic acids is 1. The number of amides is 1. The molecule has 2 aromatic rings. The Morgan fingerprint density at radius 1 is 1.48 bits per heavy atom. The van der Waals surface area contributed by atoms with Gasteiger partial charge in [-0.25, -0.2) is 4.98 Å². The molecule has 1 aliphatic rings. The zero-order chi connectivity index (χ0) is 16.3. The molecule has 1 amide bonds. The Labute approximate surface area is 134 Å². The Morgan fingerprint density at radius 2 is 2.35 bits per heavy atom. The van der Waals surface area contributed by atoms with Crippen LogP contribution in [0.5, 0.6) is 0 Å². The molecule has 0 radical (unpaired) electrons. The number of aliphatic hydroxyl groups is 1. The Morgan fingerprint density at radius 3 is 3.04 bits per heavy atom. The van der Waals surface area contributed by atoms with Crippen LogP contribution in [0.1, 0.15) is 23.3 Å². The van der Waals surface area contributed by atoms with Crippen LogP contribution in [0, 0.1) is 0 Å². The highest BCUT2D eigenvalue weighted by Crippen LogP contribution is 2.25. The third-order valence-corrected chi connectivity index (χ3v) is 4.04. The monoisotopic (exact) mass is 316 g/mol. The van der Waals surface area contributed by atoms with Crippen molar-refractivity contribution in [3.63, 3.8) is 0 Å². The topological polar surface area (TPSA) is 98.2 Å². The maximum absolute atomic E-state index is 12.3. The van der Waals surface area contributed by atoms with Gasteiger partial charge in [-0.05, 0) is 18.9 Å². The van der Waals surface area contributed by atoms with E-state index in [1.807, 2.05) is 4.90 Å². The average molecular weight is 316 g/mol. The average Bonchev–Trinajstić information content (AvgIpc) is 3.09. The molecule has 0 aliphatic carbocycles. The molecule has 0 aromatic carbocycles. The second-order valence-electron chi connectivity index (χ2n) is 5.94. The van der Waals surface area contributed by atoms with E-state index in [4.69, 9.17) is 0 Å². The number of carbonyl (C=O) groups is 1. The van der Waals surface area contributed by atoms with Gasteiger partial charge in [0, 0.05) is 38.7 Å². The van der Waals surface area contributed by atoms with Crippen molar-refractivity contribution in [2.75, 3.05) is 31.6 Å². The number of likely N-dealkylation sites (N-methyl/N-ethyl adjacent to an activating group) is 1. The number of nitrogens with zero attached hydrogens (tertiary/aromatic N) is 5. The van der Waals surface area contributed by atoms with Crippen molar-refractivity contribution in [2.45, 2.75) is 18.4 Å². The molecule has 1 saturated heterocycles. The smallest absolute Gasteiger partial charge is 0.271 e. The highest BCUT2D eigenvalue weighted by atomic mass is 16.3. The van der Waals surface area contributed by atoms with Crippen LogP contribution in [0.2, 0.25) is 0 Å². The minimum atomic E-state index is -0.972. The van der Waals surface area contributed by atoms with Gasteiger partial charge in [0.15, 0.2) is 0 Å². The summed E-state index contributed by atoms with van der Waals surface area (Å²) in [5, 5.41) is 17.3. The maximum Gasteiger partial charge on any atom is 0.271 e. The van der Waals surface area contributed by atoms with Crippen LogP contribution in [0.3, 0.4) is 0 Å². The minimum absolute atomic E-state index is 0.187. The standard InChI is InChI=1S/C15H20N6O2/c1-20(14(22)12-3-5-18-19-12)10-15(23)4-2-8-21(11-15)13-9-16-6-7-17-13/h3,5-7,9,23H,2,4,8,10-11H2,1H3,(H,18,19)/t15-/m0/s1. The number of rotatable bonds is 4. The lowest BCUT2D eigenvalue weighted by molar-refractivity contribution is -0.000291. The normalized spacial score (nSPS) is 21.2. The Hall–Kier alpha value is -2.48. The van der Waals surface area contributed by atoms with Crippen LogP contribution in [-0.4, -0.2) is 68.4 Å². The van der Waals surface area contributed by atoms with E-state index in [1.165, 1.54) is 11.1 Å². The van der Waals surface area contributed by atoms with Gasteiger partial charge in [-0.15, -0.1) is 0 Å². The number of β-amino-alcohol motifs (C(OH)–C–C–N with tert-alkyl or cyclic N) is 1. The number of anilines is 1. The van der Waals surface area contributed by atoms with Crippen molar-refractivity contribution in [2.24, 2.45) is 0 Å². The number of hydrogen-bond acceptors (Lipinski definition) is 6. The van der Waals surface area contributed by atoms with Crippen molar-refractivity contribution in [1.29, 1.82) is 0 Å². The molecule has 3 rings (SSSR count). The fourth-order valence-electron chi connectivity index (χ4n) is 2.99. The fourth-order valence-corrected chi connectivity index (χ4v) is 2.99. The third-order valence-electron chi connectivity index (χ3n) is 4.04. The Balaban J connectivity index is 1.67. The number of aromatic amines is 1. The molecule has 8 nitrogen and oxygen atoms in total. The molecule has 3 heterocycles. The highest BCUT2D eigenvalue weighted by Gasteiger charge is 2.36. The van der Waals surface area contributed by atoms with Crippen molar-refractivity contribution >= 4 is 11.7 Å². The van der Waals surface area contributed by atoms with Crippen LogP contribution < -0.4 is 4.90 Å². The highest BCUT2D eigenvalue weighted by molar-refractivity contribution is 5.92. The quantitative estimate of drug-likeness (QED) is 0.842. The molecule has 23 heavy (non-hydrogen) atoms. The third kappa shape index (κ3) is 3.48. The summed E-state index contributed by atoms with van der Waals surface area (Å²) in [6.07, 6.45) is 7.95. The number of hydrogen-bond donors (Lipinski definition) is 2. The van der Waals surface area contributed by atoms with Gasteiger partial charge < -0.3 is 14.9 Å². The molecule has 2 aromatic heterocycles. The zero-order valence-electron chi connectivity index (χ0n) is 13.0. The predicted octanol–water partition coefficient (Wildman–Crippen LogP) is 0.303. The van der Waals surface area contributed by atoms with E-state index in [2.05, 4.69) is 20.2 Å². The number of aromatic nitrogens is 4. The molecule has 0 bridgehead atoms. The lowest BCUT2D eigenvalue weighted by Crippen LogP contribution is -2.55. The van der Waals surface area contributed by atoms with E-state index in [0.717, 1.165) is 18.8 Å². The second kappa shape index (κ2) is 6.33. The summed E-state index contributed by atoms with van der Waals surface area (Å²) in [7, 11) is 1.68. The number of piperidine rings is 1. The number of nitrogens with one attached hydrogen (secondary N) is 1. The summed E-state index contributed by atoms with van der Waals surface area (Å²) in [4.78, 5) is 24.2. The molecule has 0 saturated carbocycles. The molecule has 0 unspecified atom stereocenters. The van der Waals surface area contributed by atoms with Crippen molar-refractivity contribution < 1.29 is 9.90 Å². The lowest BCUT2D eigenvalue weighted by atomic mass is 9.92. The largest absolute Gasteiger partial charge is 0.386 e. The van der Waals surface area contributed by atoms with Gasteiger partial charge in [-0.1, -0.05) is 0 Å². The molecule has 1 aliphatic heterocycles. The van der Waals surface area contributed by atoms with Gasteiger partial charge in [0.1, 0.15) is 11.5 Å². The molecule has 0 spiro atoms. The van der Waals surface area contributed by atoms with E-state index in [-0.39, 0.29) is 12.5 Å². The van der Waals surface area contributed by atoms with Crippen LogP contribution >= 0.6 is 0 Å². The maximum atomic E-state index is 12.3. The van der Waals surface area contributed by atoms with Gasteiger partial charge in [0.05, 0.1) is 18.3 Å². The molecule has 8 heteroatoms. The van der Waals surface area contributed by atoms with E-state index in [1.54, 1.807) is 31.7 Å². The first-order chi connectivity index (χ1) is 11.1. The van der Waals surface area contributed by atoms with Gasteiger partial charge in [0.2, 0.25) is 0 Å². The molecular formula is C15H20N6O2. The summed E-state index contributed by atoms with van der Waals surface area (Å²) in [5.74, 6) is 0.556. The summed E-state index contributed by atoms with van der Waals surface area (Å²) >= 11 is 0. The molecule has 1 fully saturated rings. The first-order valence-electron chi connectivity index (χ1n) is 7.56. The van der Waals surface area contributed by atoms with Crippen LogP contribution in [0.25, 0.3) is 0 Å². The Bertz CT molecular complexity index is 647. The second-order valence-corrected chi connectivity index (χ2v) is 5.94. The van der Waals surface area contributed by atoms with E-state index in [9.17, 15) is 9.90 Å². The van der Waals surface area contributed by atoms with Crippen LogP contribution in [0.15, 0.2) is 30.9 Å². The predicted molar refractivity (Wildman–Crippen MR) is 84.0 cm³/mol. The van der Waals surface area contributed by atoms with Crippen molar-refractivity contribution in [3.8, 4) is 0 Å². The van der Waals surface area contributed by atoms with Gasteiger partial charge in [-0.3, -0.25) is 14.9 Å². The lowest BCUT2D eigenvalue weighted by Gasteiger charge is -2.41. The van der Waals surface area contributed by atoms with E-state index in [0.29, 0.717) is 18.7 Å². The minimum Gasteiger partial charge on any atom is -0.386 e. The van der Waals surface area contributed by atoms with Gasteiger partial charge in [0.25, 0.3) is 5.91 Å². The Kier molecular flexibility index (Phi) is 4.24. The van der Waals surface area contributed by atoms with Gasteiger partial charge in [-0.2, -0.15) is 5.10 Å². The summed E-state index contributed by atoms with van der Waals surface area (Å²) in [5.41, 5.74) is -0.557. The molecule has 2 N–H and O–H groups in total. The summed E-state index contributed by atoms with van der Waals surface area (Å²) < 4.78 is 0. The van der Waals surface area contributed by atoms with Crippen molar-refractivity contribution in [3.05, 3.63) is 36.5 Å². The van der Waals surface area contributed by atoms with Crippen LogP contribution in [0.4, 0.5) is 5.82 Å². The zero-order valence-corrected chi connectivity index (χ0v) is 13.0. The van der Waals surface area contributed by atoms with E-state index < -0.39 is 5.60 Å². The fraction of sp³-hybridized carbons (Fsp3) is 0.467. The van der Waals surface area contributed by atoms with Crippen molar-refractivity contribution in [1.82, 2.24) is 25.1 Å². The number of H-pyrrole nitrogens is 1. The van der Waals surface area contributed by atoms with Gasteiger partial charge >= 0.3 is 0 Å². The molecule has 122 valence electrons. The van der Waals surface area contributed by atoms with E-state index >= 15 is 0 Å². The van der Waals surface area contributed by atoms with Crippen LogP contribution in [-0.2, 0) is 0 Å². The SMILES string of the molecule is CN(C[C@@]1(O)CCCN(c2cnccn2)C1)C(=O)c1ccn[nH]1.